The van der Waals surface area contributed by atoms with Gasteiger partial charge in [-0.05, 0) is 25.0 Å². The standard InChI is InChI=1S/C9H11F/c1-7(2)8-3-5-9(10)6-4-8/h3,5H,1,4,6H2,2H3. The largest absolute Gasteiger partial charge is 0.212 e. The van der Waals surface area contributed by atoms with Crippen molar-refractivity contribution in [2.45, 2.75) is 19.8 Å². The molecule has 54 valence electrons. The fraction of sp³-hybridized carbons (Fsp3) is 0.333. The van der Waals surface area contributed by atoms with E-state index in [1.54, 1.807) is 6.08 Å². The topological polar surface area (TPSA) is 0 Å². The Bertz CT molecular complexity index is 209. The van der Waals surface area contributed by atoms with Crippen LogP contribution in [0.4, 0.5) is 4.39 Å². The summed E-state index contributed by atoms with van der Waals surface area (Å²) in [7, 11) is 0. The quantitative estimate of drug-likeness (QED) is 0.522. The number of halogens is 1. The second-order valence-electron chi connectivity index (χ2n) is 2.59. The van der Waals surface area contributed by atoms with Gasteiger partial charge in [0, 0.05) is 6.42 Å². The van der Waals surface area contributed by atoms with Crippen LogP contribution in [0.15, 0.2) is 35.7 Å². The summed E-state index contributed by atoms with van der Waals surface area (Å²) in [6, 6.07) is 0. The zero-order valence-electron chi connectivity index (χ0n) is 6.15. The van der Waals surface area contributed by atoms with E-state index in [0.29, 0.717) is 6.42 Å². The second kappa shape index (κ2) is 2.82. The lowest BCUT2D eigenvalue weighted by molar-refractivity contribution is 0.583. The summed E-state index contributed by atoms with van der Waals surface area (Å²) < 4.78 is 12.4. The van der Waals surface area contributed by atoms with Crippen LogP contribution in [0.5, 0.6) is 0 Å². The zero-order chi connectivity index (χ0) is 7.56. The average molecular weight is 138 g/mol. The Hall–Kier alpha value is -0.850. The smallest absolute Gasteiger partial charge is 0.100 e. The number of hydrogen-bond donors (Lipinski definition) is 0. The second-order valence-corrected chi connectivity index (χ2v) is 2.59. The molecule has 0 aromatic heterocycles. The highest BCUT2D eigenvalue weighted by atomic mass is 19.1. The van der Waals surface area contributed by atoms with Crippen LogP contribution in [0.25, 0.3) is 0 Å². The van der Waals surface area contributed by atoms with E-state index in [1.807, 2.05) is 6.92 Å². The van der Waals surface area contributed by atoms with E-state index in [4.69, 9.17) is 0 Å². The van der Waals surface area contributed by atoms with Crippen LogP contribution in [0.1, 0.15) is 19.8 Å². The lowest BCUT2D eigenvalue weighted by Crippen LogP contribution is -1.90. The molecule has 0 aromatic carbocycles. The van der Waals surface area contributed by atoms with Crippen LogP contribution in [-0.2, 0) is 0 Å². The molecule has 0 aliphatic heterocycles. The van der Waals surface area contributed by atoms with Crippen molar-refractivity contribution in [2.75, 3.05) is 0 Å². The Labute approximate surface area is 60.7 Å². The summed E-state index contributed by atoms with van der Waals surface area (Å²) in [6.07, 6.45) is 4.67. The van der Waals surface area contributed by atoms with E-state index in [-0.39, 0.29) is 5.83 Å². The van der Waals surface area contributed by atoms with Gasteiger partial charge in [0.15, 0.2) is 0 Å². The third kappa shape index (κ3) is 1.56. The molecule has 1 aliphatic carbocycles. The van der Waals surface area contributed by atoms with Crippen LogP contribution < -0.4 is 0 Å². The molecule has 0 atom stereocenters. The molecule has 1 aliphatic rings. The van der Waals surface area contributed by atoms with Crippen molar-refractivity contribution in [3.63, 3.8) is 0 Å². The van der Waals surface area contributed by atoms with Crippen molar-refractivity contribution < 1.29 is 4.39 Å². The van der Waals surface area contributed by atoms with Gasteiger partial charge < -0.3 is 0 Å². The molecule has 0 aromatic rings. The maximum atomic E-state index is 12.4. The maximum Gasteiger partial charge on any atom is 0.100 e. The molecule has 0 N–H and O–H groups in total. The van der Waals surface area contributed by atoms with Crippen molar-refractivity contribution in [3.8, 4) is 0 Å². The van der Waals surface area contributed by atoms with Crippen LogP contribution in [0, 0.1) is 0 Å². The van der Waals surface area contributed by atoms with E-state index in [1.165, 1.54) is 11.6 Å². The molecule has 0 amide bonds. The van der Waals surface area contributed by atoms with Crippen molar-refractivity contribution in [1.82, 2.24) is 0 Å². The fourth-order valence-electron chi connectivity index (χ4n) is 0.967. The van der Waals surface area contributed by atoms with Gasteiger partial charge in [0.1, 0.15) is 5.83 Å². The molecule has 0 unspecified atom stereocenters. The van der Waals surface area contributed by atoms with E-state index in [0.717, 1.165) is 12.0 Å². The number of allylic oxidation sites excluding steroid dienone is 5. The fourth-order valence-corrected chi connectivity index (χ4v) is 0.967. The minimum Gasteiger partial charge on any atom is -0.212 e. The van der Waals surface area contributed by atoms with E-state index >= 15 is 0 Å². The molecule has 0 spiro atoms. The van der Waals surface area contributed by atoms with E-state index < -0.39 is 0 Å². The van der Waals surface area contributed by atoms with Gasteiger partial charge in [-0.1, -0.05) is 18.2 Å². The molecule has 0 nitrogen and oxygen atoms in total. The maximum absolute atomic E-state index is 12.4. The normalized spacial score (nSPS) is 17.8. The van der Waals surface area contributed by atoms with Gasteiger partial charge in [-0.25, -0.2) is 4.39 Å². The highest BCUT2D eigenvalue weighted by molar-refractivity contribution is 5.33. The van der Waals surface area contributed by atoms with Gasteiger partial charge in [-0.15, -0.1) is 0 Å². The summed E-state index contributed by atoms with van der Waals surface area (Å²) in [5.74, 6) is -0.0231. The highest BCUT2D eigenvalue weighted by Gasteiger charge is 2.04. The molecule has 10 heavy (non-hydrogen) atoms. The van der Waals surface area contributed by atoms with Crippen LogP contribution in [0.3, 0.4) is 0 Å². The van der Waals surface area contributed by atoms with Gasteiger partial charge >= 0.3 is 0 Å². The molecule has 0 heterocycles. The third-order valence-corrected chi connectivity index (χ3v) is 1.65. The first-order valence-corrected chi connectivity index (χ1v) is 3.41. The van der Waals surface area contributed by atoms with Gasteiger partial charge in [-0.2, -0.15) is 0 Å². The molecule has 0 bridgehead atoms. The van der Waals surface area contributed by atoms with Crippen molar-refractivity contribution in [3.05, 3.63) is 35.7 Å². The van der Waals surface area contributed by atoms with Crippen molar-refractivity contribution in [2.24, 2.45) is 0 Å². The lowest BCUT2D eigenvalue weighted by Gasteiger charge is -2.08. The summed E-state index contributed by atoms with van der Waals surface area (Å²) >= 11 is 0. The molecule has 0 radical (unpaired) electrons. The predicted octanol–water partition coefficient (Wildman–Crippen LogP) is 3.14. The lowest BCUT2D eigenvalue weighted by atomic mass is 9.99. The average Bonchev–Trinajstić information content (AvgIpc) is 1.88. The highest BCUT2D eigenvalue weighted by Crippen LogP contribution is 2.22. The van der Waals surface area contributed by atoms with E-state index in [2.05, 4.69) is 6.58 Å². The van der Waals surface area contributed by atoms with Crippen molar-refractivity contribution in [1.29, 1.82) is 0 Å². The Balaban J connectivity index is 2.74. The van der Waals surface area contributed by atoms with Crippen molar-refractivity contribution >= 4 is 0 Å². The Morgan fingerprint density at radius 2 is 2.20 bits per heavy atom. The molecule has 1 rings (SSSR count). The Kier molecular flexibility index (Phi) is 2.05. The molecule has 0 saturated heterocycles. The summed E-state index contributed by atoms with van der Waals surface area (Å²) in [5.41, 5.74) is 2.21. The minimum atomic E-state index is -0.0231. The number of rotatable bonds is 1. The molecular formula is C9H11F. The van der Waals surface area contributed by atoms with Crippen LogP contribution in [-0.4, -0.2) is 0 Å². The Morgan fingerprint density at radius 1 is 1.50 bits per heavy atom. The zero-order valence-corrected chi connectivity index (χ0v) is 6.15. The monoisotopic (exact) mass is 138 g/mol. The first-order chi connectivity index (χ1) is 4.70. The van der Waals surface area contributed by atoms with Gasteiger partial charge in [-0.3, -0.25) is 0 Å². The first kappa shape index (κ1) is 7.26. The minimum absolute atomic E-state index is 0.0231. The van der Waals surface area contributed by atoms with Crippen LogP contribution in [0.2, 0.25) is 0 Å². The van der Waals surface area contributed by atoms with Gasteiger partial charge in [0.2, 0.25) is 0 Å². The van der Waals surface area contributed by atoms with Gasteiger partial charge in [0.05, 0.1) is 0 Å². The summed E-state index contributed by atoms with van der Waals surface area (Å²) in [6.45, 7) is 5.73. The summed E-state index contributed by atoms with van der Waals surface area (Å²) in [4.78, 5) is 0. The first-order valence-electron chi connectivity index (χ1n) is 3.41. The van der Waals surface area contributed by atoms with Gasteiger partial charge in [0.25, 0.3) is 0 Å². The number of hydrogen-bond acceptors (Lipinski definition) is 0. The Morgan fingerprint density at radius 3 is 2.60 bits per heavy atom. The third-order valence-electron chi connectivity index (χ3n) is 1.65. The van der Waals surface area contributed by atoms with Crippen LogP contribution >= 0.6 is 0 Å². The predicted molar refractivity (Wildman–Crippen MR) is 41.3 cm³/mol. The SMILES string of the molecule is C=C(C)C1=CC=C(F)CC1. The molecular weight excluding hydrogens is 127 g/mol. The summed E-state index contributed by atoms with van der Waals surface area (Å²) in [5, 5.41) is 0. The molecule has 1 heteroatoms. The van der Waals surface area contributed by atoms with E-state index in [9.17, 15) is 4.39 Å². The molecule has 0 saturated carbocycles. The molecule has 0 fully saturated rings.